The average Bonchev–Trinajstić information content (AvgIpc) is 1.60. The number of carbonyl (C=O) groups is 6. The fraction of sp³-hybridized carbons (Fsp3) is 0.813. The number of ketones is 1. The third-order valence-electron chi connectivity index (χ3n) is 19.5. The number of primary amides is 1. The highest BCUT2D eigenvalue weighted by molar-refractivity contribution is 5.97. The van der Waals surface area contributed by atoms with Gasteiger partial charge < -0.3 is 76.2 Å². The zero-order valence-electron chi connectivity index (χ0n) is 59.1. The van der Waals surface area contributed by atoms with Crippen LogP contribution in [0.4, 0.5) is 20.1 Å². The first-order valence-corrected chi connectivity index (χ1v) is 37.5. The predicted octanol–water partition coefficient (Wildman–Crippen LogP) is 12.7. The van der Waals surface area contributed by atoms with Crippen molar-refractivity contribution in [2.75, 3.05) is 31.7 Å². The van der Waals surface area contributed by atoms with Gasteiger partial charge in [-0.05, 0) is 86.3 Å². The predicted molar refractivity (Wildman–Crippen MR) is 372 cm³/mol. The third-order valence-corrected chi connectivity index (χ3v) is 19.5. The van der Waals surface area contributed by atoms with Crippen molar-refractivity contribution in [3.05, 3.63) is 29.8 Å². The molecule has 1 saturated carbocycles. The van der Waals surface area contributed by atoms with E-state index in [0.29, 0.717) is 42.3 Å². The molecule has 1 aromatic rings. The standard InChI is InChI=1S/C75H127N5O16/c1-5-7-9-11-13-15-17-19-20-21-22-23-25-27-29-31-37-43-65(83)95-63(42-36-30-28-26-24-18-16-14-12-10-8-6-2)67(84)61(53-92-72-70(87)69(86)68(85)64(50-81)96-72)79-74(90)93-51-55-44-46-57(47-45-55)78-71(88)56(39-38-48-77-73(76)89)49-62(82)66(54(3)4)80-75(91)94-52-60-58-40-34-32-33-35-41-59(58)60/h44-47,54,56,58-61,63-64,66-70,72,81,84-87H,5-31,34-43,48-53H2,1-4H3,(H,78,88)(H,79,90)(H,80,91)(H3,76,77,89)/t56-,58-,59+,60?,61+,63-,64?,66+,67+,68+,69+,70?,72+/m1/s1. The summed E-state index contributed by atoms with van der Waals surface area (Å²) in [5.74, 6) is 5.09. The molecule has 1 aliphatic heterocycles. The van der Waals surface area contributed by atoms with Crippen molar-refractivity contribution in [3.8, 4) is 11.8 Å². The number of carbonyl (C=O) groups excluding carboxylic acids is 6. The van der Waals surface area contributed by atoms with Crippen LogP contribution in [0.3, 0.4) is 0 Å². The van der Waals surface area contributed by atoms with Crippen molar-refractivity contribution in [2.45, 2.75) is 333 Å². The van der Waals surface area contributed by atoms with E-state index in [1.807, 2.05) is 0 Å². The summed E-state index contributed by atoms with van der Waals surface area (Å²) in [7, 11) is 0. The fourth-order valence-corrected chi connectivity index (χ4v) is 13.4. The molecule has 548 valence electrons. The van der Waals surface area contributed by atoms with Crippen molar-refractivity contribution in [1.82, 2.24) is 16.0 Å². The number of aliphatic hydroxyl groups excluding tert-OH is 5. The lowest BCUT2D eigenvalue weighted by Gasteiger charge is -2.40. The van der Waals surface area contributed by atoms with E-state index in [1.54, 1.807) is 38.1 Å². The molecule has 3 aliphatic rings. The highest BCUT2D eigenvalue weighted by atomic mass is 16.7. The number of urea groups is 1. The first-order valence-electron chi connectivity index (χ1n) is 37.5. The summed E-state index contributed by atoms with van der Waals surface area (Å²) >= 11 is 0. The van der Waals surface area contributed by atoms with E-state index in [9.17, 15) is 54.3 Å². The second kappa shape index (κ2) is 50.3. The van der Waals surface area contributed by atoms with E-state index in [2.05, 4.69) is 47.0 Å². The van der Waals surface area contributed by atoms with Gasteiger partial charge in [-0.15, -0.1) is 11.8 Å². The molecule has 0 spiro atoms. The van der Waals surface area contributed by atoms with Gasteiger partial charge in [0.2, 0.25) is 5.91 Å². The molecule has 1 aromatic carbocycles. The Bertz CT molecular complexity index is 2350. The van der Waals surface area contributed by atoms with Crippen LogP contribution in [-0.4, -0.2) is 143 Å². The van der Waals surface area contributed by atoms with Gasteiger partial charge >= 0.3 is 24.2 Å². The number of alkyl carbamates (subject to hydrolysis) is 2. The van der Waals surface area contributed by atoms with E-state index in [0.717, 1.165) is 77.0 Å². The lowest BCUT2D eigenvalue weighted by Crippen LogP contribution is -2.60. The molecule has 2 fully saturated rings. The SMILES string of the molecule is CCCCCCCCCCCCCCCCCCCC(=O)O[C@H](CCCCCCCCCCCCCC)[C@@H](O)[C@H](CO[C@H]1OC(CO)[C@H](O)[C@H](O)C1O)NC(=O)OCc1ccc(NC(=O)[C@H](CCCNC(N)=O)CC(=O)[C@@H](NC(=O)OCC2[C@H]3CCC#CCC[C@@H]23)C(C)C)cc1. The topological polar surface area (TPSA) is 324 Å². The number of unbranched alkanes of at least 4 members (excludes halogenated alkanes) is 27. The molecule has 13 atom stereocenters. The molecule has 1 heterocycles. The number of nitrogens with one attached hydrogen (secondary N) is 4. The normalized spacial score (nSPS) is 21.4. The van der Waals surface area contributed by atoms with Crippen LogP contribution in [0.15, 0.2) is 24.3 Å². The number of ether oxygens (including phenoxy) is 5. The molecule has 0 radical (unpaired) electrons. The Morgan fingerprint density at radius 3 is 1.66 bits per heavy atom. The zero-order valence-corrected chi connectivity index (χ0v) is 59.1. The number of anilines is 1. The van der Waals surface area contributed by atoms with Gasteiger partial charge in [0.15, 0.2) is 12.1 Å². The van der Waals surface area contributed by atoms with Gasteiger partial charge in [0, 0.05) is 43.8 Å². The molecular formula is C75H127N5O16. The number of Topliss-reactive ketones (excluding diaryl/α,β-unsaturated/α-hetero) is 1. The van der Waals surface area contributed by atoms with Crippen molar-refractivity contribution in [2.24, 2.45) is 35.3 Å². The maximum absolute atomic E-state index is 14.0. The molecule has 4 rings (SSSR count). The van der Waals surface area contributed by atoms with Crippen molar-refractivity contribution in [3.63, 3.8) is 0 Å². The summed E-state index contributed by atoms with van der Waals surface area (Å²) in [5.41, 5.74) is 6.16. The number of aliphatic hydroxyl groups is 5. The number of nitrogens with two attached hydrogens (primary N) is 1. The van der Waals surface area contributed by atoms with Gasteiger partial charge in [-0.2, -0.15) is 0 Å². The van der Waals surface area contributed by atoms with Crippen molar-refractivity contribution in [1.29, 1.82) is 0 Å². The summed E-state index contributed by atoms with van der Waals surface area (Å²) < 4.78 is 28.9. The summed E-state index contributed by atoms with van der Waals surface area (Å²) in [6.45, 7) is 6.96. The summed E-state index contributed by atoms with van der Waals surface area (Å²) in [4.78, 5) is 79.9. The third kappa shape index (κ3) is 34.6. The number of benzene rings is 1. The maximum atomic E-state index is 14.0. The molecule has 3 unspecified atom stereocenters. The molecule has 2 aliphatic carbocycles. The van der Waals surface area contributed by atoms with E-state index in [-0.39, 0.29) is 63.1 Å². The van der Waals surface area contributed by atoms with Gasteiger partial charge in [0.25, 0.3) is 0 Å². The lowest BCUT2D eigenvalue weighted by molar-refractivity contribution is -0.303. The second-order valence-corrected chi connectivity index (χ2v) is 27.8. The quantitative estimate of drug-likeness (QED) is 0.0125. The van der Waals surface area contributed by atoms with Gasteiger partial charge in [0.05, 0.1) is 31.9 Å². The van der Waals surface area contributed by atoms with Crippen LogP contribution in [-0.2, 0) is 44.7 Å². The van der Waals surface area contributed by atoms with Crippen LogP contribution < -0.4 is 27.0 Å². The van der Waals surface area contributed by atoms with Gasteiger partial charge in [0.1, 0.15) is 43.2 Å². The molecule has 1 saturated heterocycles. The minimum atomic E-state index is -1.78. The van der Waals surface area contributed by atoms with Crippen molar-refractivity contribution >= 4 is 41.6 Å². The molecule has 5 amide bonds. The number of fused-ring (bicyclic) bond motifs is 1. The molecule has 0 aromatic heterocycles. The number of amides is 5. The minimum Gasteiger partial charge on any atom is -0.460 e. The first kappa shape index (κ1) is 83.3. The minimum absolute atomic E-state index is 0.148. The number of rotatable bonds is 54. The Hall–Kier alpha value is -5.08. The number of esters is 1. The van der Waals surface area contributed by atoms with Crippen LogP contribution in [0.5, 0.6) is 0 Å². The van der Waals surface area contributed by atoms with Crippen LogP contribution in [0.25, 0.3) is 0 Å². The average molecular weight is 1350 g/mol. The first-order chi connectivity index (χ1) is 46.5. The van der Waals surface area contributed by atoms with Crippen LogP contribution in [0.2, 0.25) is 0 Å². The fourth-order valence-electron chi connectivity index (χ4n) is 13.4. The van der Waals surface area contributed by atoms with E-state index < -0.39 is 104 Å². The van der Waals surface area contributed by atoms with E-state index in [4.69, 9.17) is 29.4 Å². The van der Waals surface area contributed by atoms with E-state index in [1.165, 1.54) is 122 Å². The molecular weight excluding hydrogens is 1230 g/mol. The Labute approximate surface area is 575 Å². The second-order valence-electron chi connectivity index (χ2n) is 27.8. The Morgan fingerprint density at radius 1 is 0.635 bits per heavy atom. The Kier molecular flexibility index (Phi) is 43.6. The summed E-state index contributed by atoms with van der Waals surface area (Å²) in [5, 5.41) is 64.8. The summed E-state index contributed by atoms with van der Waals surface area (Å²) in [6.07, 6.45) is 25.7. The highest BCUT2D eigenvalue weighted by Crippen LogP contribution is 2.52. The zero-order chi connectivity index (χ0) is 69.7. The molecule has 21 heteroatoms. The smallest absolute Gasteiger partial charge is 0.407 e. The number of hydrogen-bond donors (Lipinski definition) is 10. The molecule has 0 bridgehead atoms. The Balaban J connectivity index is 1.37. The summed E-state index contributed by atoms with van der Waals surface area (Å²) in [6, 6.07) is 3.44. The van der Waals surface area contributed by atoms with Crippen LogP contribution in [0.1, 0.15) is 277 Å². The molecule has 96 heavy (non-hydrogen) atoms. The largest absolute Gasteiger partial charge is 0.460 e. The van der Waals surface area contributed by atoms with Crippen molar-refractivity contribution < 1.29 is 78.0 Å². The molecule has 11 N–H and O–H groups in total. The maximum Gasteiger partial charge on any atom is 0.407 e. The van der Waals surface area contributed by atoms with Crippen LogP contribution >= 0.6 is 0 Å². The highest BCUT2D eigenvalue weighted by Gasteiger charge is 2.49. The Morgan fingerprint density at radius 2 is 1.15 bits per heavy atom. The molecule has 21 nitrogen and oxygen atoms in total. The van der Waals surface area contributed by atoms with Crippen LogP contribution in [0, 0.1) is 41.4 Å². The number of hydrogen-bond acceptors (Lipinski definition) is 16. The van der Waals surface area contributed by atoms with E-state index >= 15 is 0 Å². The van der Waals surface area contributed by atoms with Gasteiger partial charge in [-0.1, -0.05) is 213 Å². The lowest BCUT2D eigenvalue weighted by atomic mass is 9.89. The van der Waals surface area contributed by atoms with Gasteiger partial charge in [-0.25, -0.2) is 14.4 Å². The monoisotopic (exact) mass is 1350 g/mol. The van der Waals surface area contributed by atoms with Gasteiger partial charge in [-0.3, -0.25) is 14.4 Å².